The first kappa shape index (κ1) is 30.7. The topological polar surface area (TPSA) is 0 Å². The van der Waals surface area contributed by atoms with Crippen LogP contribution in [-0.4, -0.2) is 0 Å². The van der Waals surface area contributed by atoms with Gasteiger partial charge in [-0.05, 0) is 104 Å². The Balaban J connectivity index is 0.000000239. The number of hydrogen-bond acceptors (Lipinski definition) is 0. The van der Waals surface area contributed by atoms with Gasteiger partial charge < -0.3 is 0 Å². The molecular weight excluding hydrogens is 468 g/mol. The average Bonchev–Trinajstić information content (AvgIpc) is 3.47. The summed E-state index contributed by atoms with van der Waals surface area (Å²) < 4.78 is 0. The summed E-state index contributed by atoms with van der Waals surface area (Å²) in [6.07, 6.45) is 11.2. The first-order chi connectivity index (χ1) is 18.8. The summed E-state index contributed by atoms with van der Waals surface area (Å²) in [5, 5.41) is 0. The first-order valence-corrected chi connectivity index (χ1v) is 15.4. The minimum Gasteiger partial charge on any atom is -0.0999 e. The second-order valence-corrected chi connectivity index (χ2v) is 11.8. The molecule has 3 aromatic carbocycles. The standard InChI is InChI=1S/C24H32.C15H20/c1-6-21-14-15-22(7-2)24(17-19(5)18(3)4)23(21)16-13-20-11-9-8-10-12-20;1-12(2)15(14-10-6-7-11-14)13-8-4-3-5-9-13/h8-12,14-15,19H,3,6-7,13,16-17H2,1-2,4-5H3;3-5,8-9,14-15H,1,6-7,10-11H2,2H3. The Morgan fingerprint density at radius 3 is 1.77 bits per heavy atom. The molecule has 4 rings (SSSR count). The minimum absolute atomic E-state index is 0.540. The van der Waals surface area contributed by atoms with Gasteiger partial charge in [0, 0.05) is 5.92 Å². The molecule has 208 valence electrons. The van der Waals surface area contributed by atoms with Crippen LogP contribution in [0.3, 0.4) is 0 Å². The molecule has 0 spiro atoms. The second-order valence-electron chi connectivity index (χ2n) is 11.8. The molecule has 39 heavy (non-hydrogen) atoms. The predicted octanol–water partition coefficient (Wildman–Crippen LogP) is 10.9. The van der Waals surface area contributed by atoms with Crippen LogP contribution in [0.1, 0.15) is 99.6 Å². The summed E-state index contributed by atoms with van der Waals surface area (Å²) in [7, 11) is 0. The van der Waals surface area contributed by atoms with Gasteiger partial charge in [-0.3, -0.25) is 0 Å². The van der Waals surface area contributed by atoms with Crippen molar-refractivity contribution in [1.82, 2.24) is 0 Å². The van der Waals surface area contributed by atoms with E-state index in [1.807, 2.05) is 0 Å². The van der Waals surface area contributed by atoms with Crippen LogP contribution in [0.15, 0.2) is 97.1 Å². The van der Waals surface area contributed by atoms with Crippen molar-refractivity contribution < 1.29 is 0 Å². The van der Waals surface area contributed by atoms with E-state index < -0.39 is 0 Å². The molecule has 0 heteroatoms. The van der Waals surface area contributed by atoms with Gasteiger partial charge in [0.2, 0.25) is 0 Å². The molecule has 3 aromatic rings. The van der Waals surface area contributed by atoms with Gasteiger partial charge in [0.25, 0.3) is 0 Å². The van der Waals surface area contributed by atoms with E-state index in [1.54, 1.807) is 11.1 Å². The van der Waals surface area contributed by atoms with Crippen LogP contribution >= 0.6 is 0 Å². The Morgan fingerprint density at radius 1 is 0.718 bits per heavy atom. The molecule has 1 fully saturated rings. The predicted molar refractivity (Wildman–Crippen MR) is 173 cm³/mol. The summed E-state index contributed by atoms with van der Waals surface area (Å²) in [5.41, 5.74) is 11.7. The van der Waals surface area contributed by atoms with Crippen LogP contribution in [0, 0.1) is 11.8 Å². The average molecular weight is 521 g/mol. The Hall–Kier alpha value is -2.86. The van der Waals surface area contributed by atoms with Gasteiger partial charge in [-0.2, -0.15) is 0 Å². The zero-order valence-electron chi connectivity index (χ0n) is 25.4. The molecule has 0 aliphatic heterocycles. The summed E-state index contributed by atoms with van der Waals surface area (Å²) in [6.45, 7) is 19.5. The third kappa shape index (κ3) is 8.82. The lowest BCUT2D eigenvalue weighted by atomic mass is 9.81. The fourth-order valence-corrected chi connectivity index (χ4v) is 6.32. The van der Waals surface area contributed by atoms with Gasteiger partial charge in [0.1, 0.15) is 0 Å². The van der Waals surface area contributed by atoms with E-state index in [9.17, 15) is 0 Å². The summed E-state index contributed by atoms with van der Waals surface area (Å²) >= 11 is 0. The molecule has 2 unspecified atom stereocenters. The van der Waals surface area contributed by atoms with Gasteiger partial charge in [-0.25, -0.2) is 0 Å². The Morgan fingerprint density at radius 2 is 1.26 bits per heavy atom. The number of allylic oxidation sites excluding steroid dienone is 2. The Kier molecular flexibility index (Phi) is 12.3. The molecule has 2 atom stereocenters. The minimum atomic E-state index is 0.540. The van der Waals surface area contributed by atoms with Crippen molar-refractivity contribution in [2.45, 2.75) is 98.3 Å². The fraction of sp³-hybridized carbons (Fsp3) is 0.436. The third-order valence-electron chi connectivity index (χ3n) is 8.81. The fourth-order valence-electron chi connectivity index (χ4n) is 6.32. The molecule has 0 amide bonds. The highest BCUT2D eigenvalue weighted by Crippen LogP contribution is 2.40. The molecule has 0 nitrogen and oxygen atoms in total. The lowest BCUT2D eigenvalue weighted by molar-refractivity contribution is 0.478. The quantitative estimate of drug-likeness (QED) is 0.221. The van der Waals surface area contributed by atoms with Gasteiger partial charge in [0.05, 0.1) is 0 Å². The first-order valence-electron chi connectivity index (χ1n) is 15.4. The molecule has 0 N–H and O–H groups in total. The largest absolute Gasteiger partial charge is 0.0999 e. The van der Waals surface area contributed by atoms with Crippen LogP contribution in [0.4, 0.5) is 0 Å². The number of benzene rings is 3. The third-order valence-corrected chi connectivity index (χ3v) is 8.81. The van der Waals surface area contributed by atoms with E-state index in [4.69, 9.17) is 0 Å². The maximum absolute atomic E-state index is 4.18. The molecule has 0 saturated heterocycles. The monoisotopic (exact) mass is 520 g/mol. The molecule has 1 aliphatic carbocycles. The second kappa shape index (κ2) is 15.7. The van der Waals surface area contributed by atoms with Crippen LogP contribution in [0.2, 0.25) is 0 Å². The summed E-state index contributed by atoms with van der Waals surface area (Å²) in [5.74, 6) is 1.97. The Bertz CT molecular complexity index is 1160. The van der Waals surface area contributed by atoms with Crippen LogP contribution in [-0.2, 0) is 32.1 Å². The van der Waals surface area contributed by atoms with Crippen molar-refractivity contribution in [1.29, 1.82) is 0 Å². The lowest BCUT2D eigenvalue weighted by Crippen LogP contribution is -2.10. The highest BCUT2D eigenvalue weighted by atomic mass is 14.3. The van der Waals surface area contributed by atoms with E-state index in [-0.39, 0.29) is 0 Å². The molecule has 0 radical (unpaired) electrons. The van der Waals surface area contributed by atoms with Crippen LogP contribution in [0.5, 0.6) is 0 Å². The summed E-state index contributed by atoms with van der Waals surface area (Å²) in [6, 6.07) is 26.4. The van der Waals surface area contributed by atoms with E-state index in [1.165, 1.54) is 59.1 Å². The number of rotatable bonds is 11. The summed E-state index contributed by atoms with van der Waals surface area (Å²) in [4.78, 5) is 0. The van der Waals surface area contributed by atoms with Gasteiger partial charge >= 0.3 is 0 Å². The van der Waals surface area contributed by atoms with E-state index in [0.717, 1.165) is 38.0 Å². The van der Waals surface area contributed by atoms with Gasteiger partial charge in [-0.15, -0.1) is 0 Å². The van der Waals surface area contributed by atoms with Crippen molar-refractivity contribution in [2.24, 2.45) is 11.8 Å². The maximum Gasteiger partial charge on any atom is 0.00709 e. The smallest absolute Gasteiger partial charge is 0.00709 e. The highest BCUT2D eigenvalue weighted by molar-refractivity contribution is 5.43. The number of aryl methyl sites for hydroxylation is 3. The highest BCUT2D eigenvalue weighted by Gasteiger charge is 2.26. The molecule has 1 saturated carbocycles. The SMILES string of the molecule is C=C(C)C(C)Cc1c(CC)ccc(CC)c1CCc1ccccc1.C=C(C)C(c1ccccc1)C1CCCC1. The molecule has 1 aliphatic rings. The van der Waals surface area contributed by atoms with Gasteiger partial charge in [-0.1, -0.05) is 131 Å². The van der Waals surface area contributed by atoms with Crippen LogP contribution in [0.25, 0.3) is 0 Å². The zero-order valence-corrected chi connectivity index (χ0v) is 25.4. The molecule has 0 bridgehead atoms. The van der Waals surface area contributed by atoms with E-state index in [2.05, 4.69) is 121 Å². The van der Waals surface area contributed by atoms with Crippen molar-refractivity contribution in [2.75, 3.05) is 0 Å². The zero-order chi connectivity index (χ0) is 28.2. The van der Waals surface area contributed by atoms with Crippen molar-refractivity contribution in [3.8, 4) is 0 Å². The van der Waals surface area contributed by atoms with Crippen molar-refractivity contribution >= 4 is 0 Å². The van der Waals surface area contributed by atoms with Crippen molar-refractivity contribution in [3.63, 3.8) is 0 Å². The Labute approximate surface area is 240 Å². The lowest BCUT2D eigenvalue weighted by Gasteiger charge is -2.24. The van der Waals surface area contributed by atoms with Crippen LogP contribution < -0.4 is 0 Å². The van der Waals surface area contributed by atoms with Crippen molar-refractivity contribution in [3.05, 3.63) is 130 Å². The molecule has 0 aromatic heterocycles. The number of hydrogen-bond donors (Lipinski definition) is 0. The van der Waals surface area contributed by atoms with E-state index >= 15 is 0 Å². The van der Waals surface area contributed by atoms with E-state index in [0.29, 0.717) is 11.8 Å². The normalized spacial score (nSPS) is 14.8. The molecular formula is C39H52. The maximum atomic E-state index is 4.18. The molecule has 0 heterocycles. The van der Waals surface area contributed by atoms with Gasteiger partial charge in [0.15, 0.2) is 0 Å².